The molecule has 0 heterocycles. The third kappa shape index (κ3) is 2.94. The smallest absolute Gasteiger partial charge is 0.338 e. The van der Waals surface area contributed by atoms with E-state index in [2.05, 4.69) is 24.3 Å². The van der Waals surface area contributed by atoms with E-state index in [-0.39, 0.29) is 12.4 Å². The number of ketones is 1. The molecule has 4 heteroatoms. The maximum atomic E-state index is 12.9. The van der Waals surface area contributed by atoms with Crippen molar-refractivity contribution in [1.82, 2.24) is 0 Å². The third-order valence-corrected chi connectivity index (χ3v) is 5.49. The zero-order chi connectivity index (χ0) is 20.7. The van der Waals surface area contributed by atoms with Gasteiger partial charge in [0.1, 0.15) is 5.75 Å². The number of hydrogen-bond acceptors (Lipinski definition) is 4. The summed E-state index contributed by atoms with van der Waals surface area (Å²) in [5.41, 5.74) is 0.933. The van der Waals surface area contributed by atoms with Crippen molar-refractivity contribution >= 4 is 44.1 Å². The van der Waals surface area contributed by atoms with Crippen LogP contribution in [-0.4, -0.2) is 25.5 Å². The first kappa shape index (κ1) is 18.1. The summed E-state index contributed by atoms with van der Waals surface area (Å²) in [6.07, 6.45) is 0. The van der Waals surface area contributed by atoms with Crippen molar-refractivity contribution in [2.24, 2.45) is 0 Å². The molecule has 0 amide bonds. The number of hydrogen-bond donors (Lipinski definition) is 0. The summed E-state index contributed by atoms with van der Waals surface area (Å²) < 4.78 is 10.4. The van der Waals surface area contributed by atoms with Crippen molar-refractivity contribution in [3.8, 4) is 5.75 Å². The van der Waals surface area contributed by atoms with Crippen LogP contribution in [0.25, 0.3) is 32.3 Å². The van der Waals surface area contributed by atoms with Crippen LogP contribution in [-0.2, 0) is 4.74 Å². The van der Waals surface area contributed by atoms with E-state index in [1.807, 2.05) is 30.3 Å². The van der Waals surface area contributed by atoms with Gasteiger partial charge in [0.2, 0.25) is 5.78 Å². The van der Waals surface area contributed by atoms with Crippen LogP contribution in [0.15, 0.2) is 78.9 Å². The molecular formula is C26H18O4. The standard InChI is InChI=1S/C26H18O4/c1-29-20-11-7-19(8-12-20)26(28)30-15-23(27)21-13-9-18-6-5-16-3-2-4-17-10-14-22(21)25(18)24(16)17/h2-14H,15H2,1H3. The number of Topliss-reactive ketones (excluding diaryl/α,β-unsaturated/α-hetero) is 1. The van der Waals surface area contributed by atoms with Crippen LogP contribution in [0.3, 0.4) is 0 Å². The van der Waals surface area contributed by atoms with E-state index in [0.29, 0.717) is 16.9 Å². The molecule has 0 aliphatic carbocycles. The van der Waals surface area contributed by atoms with Gasteiger partial charge in [-0.1, -0.05) is 54.6 Å². The molecule has 0 saturated heterocycles. The zero-order valence-electron chi connectivity index (χ0n) is 16.3. The minimum absolute atomic E-state index is 0.227. The van der Waals surface area contributed by atoms with Crippen molar-refractivity contribution in [3.05, 3.63) is 90.0 Å². The van der Waals surface area contributed by atoms with Gasteiger partial charge in [-0.15, -0.1) is 0 Å². The lowest BCUT2D eigenvalue weighted by molar-refractivity contribution is 0.0475. The second-order valence-electron chi connectivity index (χ2n) is 7.20. The largest absolute Gasteiger partial charge is 0.497 e. The first-order valence-electron chi connectivity index (χ1n) is 9.66. The first-order chi connectivity index (χ1) is 14.7. The minimum atomic E-state index is -0.538. The average molecular weight is 394 g/mol. The van der Waals surface area contributed by atoms with Gasteiger partial charge in [-0.05, 0) is 56.6 Å². The first-order valence-corrected chi connectivity index (χ1v) is 9.66. The monoisotopic (exact) mass is 394 g/mol. The van der Waals surface area contributed by atoms with Gasteiger partial charge in [-0.3, -0.25) is 4.79 Å². The molecule has 30 heavy (non-hydrogen) atoms. The Balaban J connectivity index is 1.46. The van der Waals surface area contributed by atoms with E-state index < -0.39 is 5.97 Å². The number of carbonyl (C=O) groups is 2. The van der Waals surface area contributed by atoms with Gasteiger partial charge in [-0.2, -0.15) is 0 Å². The molecule has 0 atom stereocenters. The van der Waals surface area contributed by atoms with Crippen LogP contribution in [0.5, 0.6) is 5.75 Å². The van der Waals surface area contributed by atoms with Crippen molar-refractivity contribution < 1.29 is 19.1 Å². The topological polar surface area (TPSA) is 52.6 Å². The van der Waals surface area contributed by atoms with Crippen LogP contribution in [0.1, 0.15) is 20.7 Å². The van der Waals surface area contributed by atoms with E-state index in [4.69, 9.17) is 9.47 Å². The molecule has 5 aromatic carbocycles. The molecule has 0 N–H and O–H groups in total. The van der Waals surface area contributed by atoms with Crippen LogP contribution in [0.4, 0.5) is 0 Å². The fourth-order valence-electron chi connectivity index (χ4n) is 4.00. The normalized spacial score (nSPS) is 11.2. The molecular weight excluding hydrogens is 376 g/mol. The molecule has 0 aromatic heterocycles. The van der Waals surface area contributed by atoms with E-state index in [0.717, 1.165) is 32.3 Å². The Labute approximate surface area is 173 Å². The second-order valence-corrected chi connectivity index (χ2v) is 7.20. The van der Waals surface area contributed by atoms with Crippen LogP contribution >= 0.6 is 0 Å². The van der Waals surface area contributed by atoms with Crippen molar-refractivity contribution in [1.29, 1.82) is 0 Å². The average Bonchev–Trinajstić information content (AvgIpc) is 2.80. The molecule has 0 fully saturated rings. The van der Waals surface area contributed by atoms with Gasteiger partial charge in [0.25, 0.3) is 0 Å². The lowest BCUT2D eigenvalue weighted by atomic mass is 9.91. The molecule has 0 aliphatic rings. The molecule has 146 valence electrons. The zero-order valence-corrected chi connectivity index (χ0v) is 16.3. The molecule has 5 rings (SSSR count). The highest BCUT2D eigenvalue weighted by Crippen LogP contribution is 2.36. The fourth-order valence-corrected chi connectivity index (χ4v) is 4.00. The summed E-state index contributed by atoms with van der Waals surface area (Å²) >= 11 is 0. The predicted octanol–water partition coefficient (Wildman–Crippen LogP) is 5.63. The van der Waals surface area contributed by atoms with E-state index in [1.54, 1.807) is 31.4 Å². The van der Waals surface area contributed by atoms with Gasteiger partial charge in [0.15, 0.2) is 6.61 Å². The third-order valence-electron chi connectivity index (χ3n) is 5.49. The van der Waals surface area contributed by atoms with Gasteiger partial charge in [0, 0.05) is 5.56 Å². The summed E-state index contributed by atoms with van der Waals surface area (Å²) in [6.45, 7) is -0.311. The summed E-state index contributed by atoms with van der Waals surface area (Å²) in [6, 6.07) is 24.7. The molecule has 0 radical (unpaired) electrons. The van der Waals surface area contributed by atoms with Gasteiger partial charge in [0.05, 0.1) is 12.7 Å². The van der Waals surface area contributed by atoms with Crippen molar-refractivity contribution in [3.63, 3.8) is 0 Å². The molecule has 0 spiro atoms. The Bertz CT molecular complexity index is 1380. The number of ether oxygens (including phenoxy) is 2. The summed E-state index contributed by atoms with van der Waals surface area (Å²) in [7, 11) is 1.56. The Morgan fingerprint density at radius 1 is 0.733 bits per heavy atom. The Morgan fingerprint density at radius 2 is 1.37 bits per heavy atom. The van der Waals surface area contributed by atoms with Gasteiger partial charge < -0.3 is 9.47 Å². The highest BCUT2D eigenvalue weighted by molar-refractivity contribution is 6.26. The van der Waals surface area contributed by atoms with Crippen LogP contribution in [0, 0.1) is 0 Å². The van der Waals surface area contributed by atoms with Crippen molar-refractivity contribution in [2.75, 3.05) is 13.7 Å². The highest BCUT2D eigenvalue weighted by atomic mass is 16.5. The molecule has 0 unspecified atom stereocenters. The van der Waals surface area contributed by atoms with Gasteiger partial charge >= 0.3 is 5.97 Å². The van der Waals surface area contributed by atoms with Crippen LogP contribution in [0.2, 0.25) is 0 Å². The molecule has 0 aliphatic heterocycles. The molecule has 4 nitrogen and oxygen atoms in total. The Morgan fingerprint density at radius 3 is 2.07 bits per heavy atom. The van der Waals surface area contributed by atoms with Gasteiger partial charge in [-0.25, -0.2) is 4.79 Å². The summed E-state index contributed by atoms with van der Waals surface area (Å²) in [5, 5.41) is 6.46. The number of benzene rings is 5. The summed E-state index contributed by atoms with van der Waals surface area (Å²) in [4.78, 5) is 25.2. The second kappa shape index (κ2) is 7.16. The number of rotatable bonds is 5. The Kier molecular flexibility index (Phi) is 4.32. The lowest BCUT2D eigenvalue weighted by Crippen LogP contribution is -2.14. The van der Waals surface area contributed by atoms with Crippen molar-refractivity contribution in [2.45, 2.75) is 0 Å². The van der Waals surface area contributed by atoms with E-state index >= 15 is 0 Å². The predicted molar refractivity (Wildman–Crippen MR) is 118 cm³/mol. The SMILES string of the molecule is COc1ccc(C(=O)OCC(=O)c2ccc3ccc4cccc5ccc2c3c45)cc1. The number of carbonyl (C=O) groups excluding carboxylic acids is 2. The van der Waals surface area contributed by atoms with E-state index in [9.17, 15) is 9.59 Å². The number of esters is 1. The van der Waals surface area contributed by atoms with E-state index in [1.165, 1.54) is 0 Å². The summed E-state index contributed by atoms with van der Waals surface area (Å²) in [5.74, 6) is -0.116. The number of methoxy groups -OCH3 is 1. The lowest BCUT2D eigenvalue weighted by Gasteiger charge is -2.13. The quantitative estimate of drug-likeness (QED) is 0.220. The van der Waals surface area contributed by atoms with Crippen LogP contribution < -0.4 is 4.74 Å². The maximum Gasteiger partial charge on any atom is 0.338 e. The minimum Gasteiger partial charge on any atom is -0.497 e. The highest BCUT2D eigenvalue weighted by Gasteiger charge is 2.17. The Hall–Kier alpha value is -3.92. The molecule has 0 bridgehead atoms. The molecule has 5 aromatic rings. The fraction of sp³-hybridized carbons (Fsp3) is 0.0769. The maximum absolute atomic E-state index is 12.9. The molecule has 0 saturated carbocycles.